The Morgan fingerprint density at radius 2 is 2.00 bits per heavy atom. The van der Waals surface area contributed by atoms with Crippen LogP contribution in [0.5, 0.6) is 0 Å². The Morgan fingerprint density at radius 1 is 1.33 bits per heavy atom. The molecule has 2 N–H and O–H groups in total. The normalized spacial score (nSPS) is 8.67. The molecule has 1 aromatic carbocycles. The topological polar surface area (TPSA) is 26.0 Å². The van der Waals surface area contributed by atoms with Crippen molar-refractivity contribution in [2.24, 2.45) is 0 Å². The minimum atomic E-state index is 0.824. The Morgan fingerprint density at radius 3 is 2.44 bits per heavy atom. The van der Waals surface area contributed by atoms with Crippen molar-refractivity contribution >= 4 is 5.69 Å². The molecule has 1 nitrogen and oxygen atoms in total. The van der Waals surface area contributed by atoms with Crippen LogP contribution in [-0.2, 0) is 30.2 Å². The van der Waals surface area contributed by atoms with Crippen LogP contribution >= 0.6 is 0 Å². The molecule has 0 spiro atoms. The van der Waals surface area contributed by atoms with Crippen LogP contribution in [0.3, 0.4) is 0 Å². The number of anilines is 1. The van der Waals surface area contributed by atoms with Gasteiger partial charge in [0.05, 0.1) is 0 Å². The van der Waals surface area contributed by atoms with Crippen LogP contribution in [0.15, 0.2) is 24.3 Å². The van der Waals surface area contributed by atoms with Crippen molar-refractivity contribution in [2.45, 2.75) is 0 Å². The van der Waals surface area contributed by atoms with Gasteiger partial charge in [-0.25, -0.2) is 0 Å². The monoisotopic (exact) mass is 193 g/mol. The second kappa shape index (κ2) is 3.17. The summed E-state index contributed by atoms with van der Waals surface area (Å²) in [5, 5.41) is 0. The average molecular weight is 193 g/mol. The number of hydrogen-bond donors (Lipinski definition) is 1. The molecule has 0 saturated heterocycles. The summed E-state index contributed by atoms with van der Waals surface area (Å²) in [6.07, 6.45) is 0. The van der Waals surface area contributed by atoms with Crippen molar-refractivity contribution in [1.29, 1.82) is 0 Å². The molecule has 0 heterocycles. The van der Waals surface area contributed by atoms with E-state index >= 15 is 0 Å². The molecule has 1 rings (SSSR count). The molecule has 0 saturated carbocycles. The van der Waals surface area contributed by atoms with Crippen LogP contribution in [0.1, 0.15) is 5.56 Å². The molecule has 9 heavy (non-hydrogen) atoms. The zero-order valence-corrected chi connectivity index (χ0v) is 7.80. The van der Waals surface area contributed by atoms with Gasteiger partial charge in [-0.3, -0.25) is 0 Å². The Kier molecular flexibility index (Phi) is 2.47. The second-order valence-electron chi connectivity index (χ2n) is 1.73. The molecular formula is C7H6NY. The fraction of sp³-hybridized carbons (Fsp3) is 0. The SMILES string of the molecule is Nc1ccccc1[C]#[Y]. The molecule has 0 aliphatic carbocycles. The van der Waals surface area contributed by atoms with Gasteiger partial charge in [-0.05, 0) is 0 Å². The maximum absolute atomic E-state index is 5.59. The predicted molar refractivity (Wildman–Crippen MR) is 33.8 cm³/mol. The zero-order chi connectivity index (χ0) is 6.69. The number of benzene rings is 1. The van der Waals surface area contributed by atoms with Gasteiger partial charge in [0.1, 0.15) is 0 Å². The molecule has 0 aliphatic heterocycles. The Bertz CT molecular complexity index is 249. The molecule has 0 amide bonds. The van der Waals surface area contributed by atoms with E-state index in [1.165, 1.54) is 0 Å². The van der Waals surface area contributed by atoms with Gasteiger partial charge in [-0.15, -0.1) is 0 Å². The van der Waals surface area contributed by atoms with Crippen molar-refractivity contribution < 1.29 is 30.2 Å². The van der Waals surface area contributed by atoms with Crippen LogP contribution in [0.25, 0.3) is 0 Å². The average Bonchev–Trinajstić information content (AvgIpc) is 1.89. The van der Waals surface area contributed by atoms with Gasteiger partial charge in [0.2, 0.25) is 0 Å². The Balaban J connectivity index is 3.20. The van der Waals surface area contributed by atoms with Crippen LogP contribution in [-0.4, -0.2) is 0 Å². The fourth-order valence-electron chi connectivity index (χ4n) is 0.628. The van der Waals surface area contributed by atoms with E-state index in [0.29, 0.717) is 0 Å². The summed E-state index contributed by atoms with van der Waals surface area (Å²) in [7, 11) is 0. The summed E-state index contributed by atoms with van der Waals surface area (Å²) in [4.78, 5) is 0. The molecule has 0 bridgehead atoms. The predicted octanol–water partition coefficient (Wildman–Crippen LogP) is 1.12. The van der Waals surface area contributed by atoms with Crippen LogP contribution < -0.4 is 5.73 Å². The van der Waals surface area contributed by atoms with E-state index in [4.69, 9.17) is 5.73 Å². The van der Waals surface area contributed by atoms with Gasteiger partial charge in [0, 0.05) is 0 Å². The van der Waals surface area contributed by atoms with Gasteiger partial charge >= 0.3 is 74.1 Å². The molecule has 0 radical (unpaired) electrons. The van der Waals surface area contributed by atoms with E-state index in [9.17, 15) is 0 Å². The number of nitrogens with two attached hydrogens (primary N) is 1. The van der Waals surface area contributed by atoms with Gasteiger partial charge in [-0.1, -0.05) is 0 Å². The third-order valence-electron chi connectivity index (χ3n) is 1.12. The molecule has 0 aliphatic rings. The zero-order valence-electron chi connectivity index (χ0n) is 4.96. The fourth-order valence-corrected chi connectivity index (χ4v) is 1.27. The molecule has 0 fully saturated rings. The van der Waals surface area contributed by atoms with Gasteiger partial charge < -0.3 is 0 Å². The first-order valence-corrected chi connectivity index (χ1v) is 4.07. The van der Waals surface area contributed by atoms with Crippen molar-refractivity contribution in [3.05, 3.63) is 29.8 Å². The van der Waals surface area contributed by atoms with E-state index in [0.717, 1.165) is 41.5 Å². The first kappa shape index (κ1) is 7.02. The third-order valence-corrected chi connectivity index (χ3v) is 1.88. The van der Waals surface area contributed by atoms with Gasteiger partial charge in [0.25, 0.3) is 0 Å². The minimum absolute atomic E-state index is 0.824. The number of para-hydroxylation sites is 1. The first-order chi connectivity index (χ1) is 4.34. The quantitative estimate of drug-likeness (QED) is 0.614. The Labute approximate surface area is 73.7 Å². The van der Waals surface area contributed by atoms with E-state index in [1.807, 2.05) is 24.3 Å². The number of nitrogen functional groups attached to an aromatic ring is 1. The van der Waals surface area contributed by atoms with Gasteiger partial charge in [0.15, 0.2) is 0 Å². The van der Waals surface area contributed by atoms with Crippen molar-refractivity contribution in [3.63, 3.8) is 0 Å². The van der Waals surface area contributed by atoms with E-state index in [-0.39, 0.29) is 0 Å². The first-order valence-electron chi connectivity index (χ1n) is 2.65. The number of hydrogen-bond acceptors (Lipinski definition) is 1. The standard InChI is InChI=1S/C7H6N.Y/c1-6-4-2-3-5-7(6)8;/h2-5H,8H2;. The Hall–Kier alpha value is -0.0961. The molecule has 42 valence electrons. The molecule has 1 aromatic rings. The maximum atomic E-state index is 5.59. The van der Waals surface area contributed by atoms with Crippen molar-refractivity contribution in [3.8, 4) is 2.59 Å². The van der Waals surface area contributed by atoms with E-state index < -0.39 is 0 Å². The molecule has 0 atom stereocenters. The van der Waals surface area contributed by atoms with Crippen LogP contribution in [0, 0.1) is 2.59 Å². The van der Waals surface area contributed by atoms with E-state index in [1.54, 1.807) is 0 Å². The summed E-state index contributed by atoms with van der Waals surface area (Å²) in [6, 6.07) is 7.75. The van der Waals surface area contributed by atoms with Crippen LogP contribution in [0.4, 0.5) is 5.69 Å². The van der Waals surface area contributed by atoms with Crippen molar-refractivity contribution in [1.82, 2.24) is 0 Å². The molecule has 0 unspecified atom stereocenters. The molecule has 2 heteroatoms. The summed E-state index contributed by atoms with van der Waals surface area (Å²) in [5.74, 6) is 0. The second-order valence-corrected chi connectivity index (χ2v) is 2.44. The summed E-state index contributed by atoms with van der Waals surface area (Å²) in [6.45, 7) is 0. The molecule has 0 aromatic heterocycles. The summed E-state index contributed by atoms with van der Waals surface area (Å²) in [5.41, 5.74) is 7.46. The summed E-state index contributed by atoms with van der Waals surface area (Å²) < 4.78 is 3.10. The van der Waals surface area contributed by atoms with Crippen molar-refractivity contribution in [2.75, 3.05) is 5.73 Å². The molecular weight excluding hydrogens is 187 g/mol. The van der Waals surface area contributed by atoms with E-state index in [2.05, 4.69) is 2.59 Å². The number of rotatable bonds is 0. The van der Waals surface area contributed by atoms with Crippen LogP contribution in [0.2, 0.25) is 0 Å². The van der Waals surface area contributed by atoms with Gasteiger partial charge in [-0.2, -0.15) is 0 Å². The third kappa shape index (κ3) is 1.65. The summed E-state index contributed by atoms with van der Waals surface area (Å²) >= 11 is 1.00.